The third-order valence-electron chi connectivity index (χ3n) is 5.27. The summed E-state index contributed by atoms with van der Waals surface area (Å²) >= 11 is 0. The van der Waals surface area contributed by atoms with Crippen molar-refractivity contribution in [3.8, 4) is 0 Å². The van der Waals surface area contributed by atoms with Crippen molar-refractivity contribution >= 4 is 27.3 Å². The lowest BCUT2D eigenvalue weighted by Crippen LogP contribution is -2.36. The Hall–Kier alpha value is -3.19. The minimum atomic E-state index is -3.86. The van der Waals surface area contributed by atoms with Gasteiger partial charge in [-0.15, -0.1) is 0 Å². The molecule has 5 nitrogen and oxygen atoms in total. The van der Waals surface area contributed by atoms with Gasteiger partial charge in [-0.3, -0.25) is 9.10 Å². The summed E-state index contributed by atoms with van der Waals surface area (Å²) in [6.07, 6.45) is 1.42. The van der Waals surface area contributed by atoms with Gasteiger partial charge in [-0.05, 0) is 54.8 Å². The van der Waals surface area contributed by atoms with E-state index in [1.807, 2.05) is 6.07 Å². The van der Waals surface area contributed by atoms with Gasteiger partial charge < -0.3 is 4.90 Å². The monoisotopic (exact) mass is 424 g/mol. The molecule has 7 heteroatoms. The molecule has 0 saturated heterocycles. The smallest absolute Gasteiger partial charge is 0.264 e. The predicted molar refractivity (Wildman–Crippen MR) is 115 cm³/mol. The van der Waals surface area contributed by atoms with Crippen LogP contribution in [0.1, 0.15) is 22.3 Å². The van der Waals surface area contributed by atoms with Crippen LogP contribution in [0.4, 0.5) is 15.8 Å². The van der Waals surface area contributed by atoms with E-state index in [-0.39, 0.29) is 16.1 Å². The first kappa shape index (κ1) is 20.1. The van der Waals surface area contributed by atoms with Gasteiger partial charge in [0, 0.05) is 19.2 Å². The van der Waals surface area contributed by atoms with E-state index in [1.165, 1.54) is 40.5 Å². The summed E-state index contributed by atoms with van der Waals surface area (Å²) in [5.41, 5.74) is 1.78. The molecule has 4 rings (SSSR count). The molecule has 0 fully saturated rings. The normalized spacial score (nSPS) is 13.6. The molecule has 0 N–H and O–H groups in total. The molecule has 0 saturated carbocycles. The summed E-state index contributed by atoms with van der Waals surface area (Å²) in [5, 5.41) is 0. The van der Waals surface area contributed by atoms with Crippen molar-refractivity contribution in [2.75, 3.05) is 22.8 Å². The summed E-state index contributed by atoms with van der Waals surface area (Å²) in [7, 11) is -2.39. The lowest BCUT2D eigenvalue weighted by molar-refractivity contribution is 0.0984. The number of carbonyl (C=O) groups is 1. The maximum absolute atomic E-state index is 14.5. The Balaban J connectivity index is 1.69. The number of anilines is 2. The van der Waals surface area contributed by atoms with Crippen LogP contribution in [-0.4, -0.2) is 27.9 Å². The molecule has 1 heterocycles. The number of rotatable bonds is 4. The molecular weight excluding hydrogens is 403 g/mol. The first-order chi connectivity index (χ1) is 14.4. The standard InChI is InChI=1S/C23H21FN2O3S/c1-25(19-11-3-2-4-12-19)30(28,29)20-13-5-9-18(16-20)23(27)26-15-7-10-17-8-6-14-21(24)22(17)26/h2-6,8-9,11-14,16H,7,10,15H2,1H3. The zero-order valence-corrected chi connectivity index (χ0v) is 17.3. The lowest BCUT2D eigenvalue weighted by atomic mass is 10.0. The molecule has 3 aromatic carbocycles. The Morgan fingerprint density at radius 1 is 1.00 bits per heavy atom. The van der Waals surface area contributed by atoms with Gasteiger partial charge in [0.2, 0.25) is 0 Å². The van der Waals surface area contributed by atoms with E-state index in [4.69, 9.17) is 0 Å². The van der Waals surface area contributed by atoms with Gasteiger partial charge in [0.05, 0.1) is 16.3 Å². The average molecular weight is 424 g/mol. The Kier molecular flexibility index (Phi) is 5.30. The largest absolute Gasteiger partial charge is 0.305 e. The number of sulfonamides is 1. The van der Waals surface area contributed by atoms with Crippen LogP contribution < -0.4 is 9.21 Å². The SMILES string of the molecule is CN(c1ccccc1)S(=O)(=O)c1cccc(C(=O)N2CCCc3cccc(F)c32)c1. The quantitative estimate of drug-likeness (QED) is 0.629. The number of amides is 1. The van der Waals surface area contributed by atoms with E-state index in [9.17, 15) is 17.6 Å². The first-order valence-electron chi connectivity index (χ1n) is 9.63. The zero-order valence-electron chi connectivity index (χ0n) is 16.5. The number of benzene rings is 3. The van der Waals surface area contributed by atoms with Gasteiger partial charge in [-0.25, -0.2) is 12.8 Å². The molecule has 0 bridgehead atoms. The van der Waals surface area contributed by atoms with E-state index in [0.29, 0.717) is 18.7 Å². The van der Waals surface area contributed by atoms with E-state index >= 15 is 0 Å². The van der Waals surface area contributed by atoms with Gasteiger partial charge >= 0.3 is 0 Å². The lowest BCUT2D eigenvalue weighted by Gasteiger charge is -2.30. The summed E-state index contributed by atoms with van der Waals surface area (Å²) < 4.78 is 41.8. The molecule has 30 heavy (non-hydrogen) atoms. The molecular formula is C23H21FN2O3S. The van der Waals surface area contributed by atoms with Gasteiger partial charge in [0.15, 0.2) is 0 Å². The first-order valence-corrected chi connectivity index (χ1v) is 11.1. The number of nitrogens with zero attached hydrogens (tertiary/aromatic N) is 2. The van der Waals surface area contributed by atoms with Crippen LogP contribution in [0.2, 0.25) is 0 Å². The highest BCUT2D eigenvalue weighted by Gasteiger charge is 2.28. The predicted octanol–water partition coefficient (Wildman–Crippen LogP) is 4.24. The third kappa shape index (κ3) is 3.57. The number of aryl methyl sites for hydroxylation is 1. The van der Waals surface area contributed by atoms with Gasteiger partial charge in [-0.2, -0.15) is 0 Å². The van der Waals surface area contributed by atoms with Crippen LogP contribution in [-0.2, 0) is 16.4 Å². The molecule has 0 unspecified atom stereocenters. The topological polar surface area (TPSA) is 57.7 Å². The highest BCUT2D eigenvalue weighted by atomic mass is 32.2. The van der Waals surface area contributed by atoms with Crippen molar-refractivity contribution in [1.29, 1.82) is 0 Å². The minimum absolute atomic E-state index is 0.00506. The minimum Gasteiger partial charge on any atom is -0.305 e. The van der Waals surface area contributed by atoms with Crippen LogP contribution in [0, 0.1) is 5.82 Å². The fraction of sp³-hybridized carbons (Fsp3) is 0.174. The zero-order chi connectivity index (χ0) is 21.3. The average Bonchev–Trinajstić information content (AvgIpc) is 2.78. The number of hydrogen-bond acceptors (Lipinski definition) is 3. The van der Waals surface area contributed by atoms with Crippen LogP contribution in [0.5, 0.6) is 0 Å². The second kappa shape index (κ2) is 7.91. The summed E-state index contributed by atoms with van der Waals surface area (Å²) in [6, 6.07) is 19.4. The molecule has 0 aromatic heterocycles. The number of para-hydroxylation sites is 2. The summed E-state index contributed by atoms with van der Waals surface area (Å²) in [5.74, 6) is -0.867. The maximum Gasteiger partial charge on any atom is 0.264 e. The molecule has 3 aromatic rings. The Bertz CT molecular complexity index is 1200. The van der Waals surface area contributed by atoms with Crippen molar-refractivity contribution in [3.05, 3.63) is 89.7 Å². The second-order valence-corrected chi connectivity index (χ2v) is 9.11. The molecule has 154 valence electrons. The van der Waals surface area contributed by atoms with E-state index in [1.54, 1.807) is 42.5 Å². The molecule has 1 amide bonds. The van der Waals surface area contributed by atoms with Gasteiger partial charge in [-0.1, -0.05) is 36.4 Å². The third-order valence-corrected chi connectivity index (χ3v) is 7.05. The van der Waals surface area contributed by atoms with Crippen molar-refractivity contribution < 1.29 is 17.6 Å². The molecule has 0 radical (unpaired) electrons. The number of hydrogen-bond donors (Lipinski definition) is 0. The van der Waals surface area contributed by atoms with Crippen molar-refractivity contribution in [2.45, 2.75) is 17.7 Å². The van der Waals surface area contributed by atoms with Crippen molar-refractivity contribution in [3.63, 3.8) is 0 Å². The fourth-order valence-corrected chi connectivity index (χ4v) is 4.93. The van der Waals surface area contributed by atoms with Crippen LogP contribution >= 0.6 is 0 Å². The Morgan fingerprint density at radius 2 is 1.73 bits per heavy atom. The summed E-state index contributed by atoms with van der Waals surface area (Å²) in [6.45, 7) is 0.383. The molecule has 1 aliphatic heterocycles. The van der Waals surface area contributed by atoms with E-state index in [0.717, 1.165) is 12.0 Å². The highest BCUT2D eigenvalue weighted by Crippen LogP contribution is 2.31. The van der Waals surface area contributed by atoms with Crippen LogP contribution in [0.3, 0.4) is 0 Å². The van der Waals surface area contributed by atoms with Crippen molar-refractivity contribution in [2.24, 2.45) is 0 Å². The Morgan fingerprint density at radius 3 is 2.50 bits per heavy atom. The Labute approximate surface area is 175 Å². The number of fused-ring (bicyclic) bond motifs is 1. The fourth-order valence-electron chi connectivity index (χ4n) is 3.69. The van der Waals surface area contributed by atoms with E-state index in [2.05, 4.69) is 0 Å². The molecule has 0 atom stereocenters. The van der Waals surface area contributed by atoms with Gasteiger partial charge in [0.1, 0.15) is 5.82 Å². The van der Waals surface area contributed by atoms with Crippen LogP contribution in [0.15, 0.2) is 77.7 Å². The molecule has 0 aliphatic carbocycles. The molecule has 1 aliphatic rings. The van der Waals surface area contributed by atoms with Crippen molar-refractivity contribution in [1.82, 2.24) is 0 Å². The number of halogens is 1. The van der Waals surface area contributed by atoms with Crippen LogP contribution in [0.25, 0.3) is 0 Å². The number of carbonyl (C=O) groups excluding carboxylic acids is 1. The van der Waals surface area contributed by atoms with E-state index < -0.39 is 21.7 Å². The summed E-state index contributed by atoms with van der Waals surface area (Å²) in [4.78, 5) is 14.6. The second-order valence-electron chi connectivity index (χ2n) is 7.14. The maximum atomic E-state index is 14.5. The molecule has 0 spiro atoms. The highest BCUT2D eigenvalue weighted by molar-refractivity contribution is 7.92. The van der Waals surface area contributed by atoms with Gasteiger partial charge in [0.25, 0.3) is 15.9 Å².